The number of nitrogens with one attached hydrogen (secondary N) is 1. The first-order chi connectivity index (χ1) is 8.72. The Morgan fingerprint density at radius 1 is 1.61 bits per heavy atom. The summed E-state index contributed by atoms with van der Waals surface area (Å²) in [7, 11) is 0. The number of terminal acetylenes is 1. The van der Waals surface area contributed by atoms with Crippen LogP contribution in [-0.4, -0.2) is 22.0 Å². The summed E-state index contributed by atoms with van der Waals surface area (Å²) in [5.74, 6) is 2.14. The molecule has 0 aliphatic heterocycles. The molecule has 0 atom stereocenters. The molecule has 0 fully saturated rings. The zero-order chi connectivity index (χ0) is 13.0. The lowest BCUT2D eigenvalue weighted by atomic mass is 10.3. The van der Waals surface area contributed by atoms with E-state index in [-0.39, 0.29) is 24.4 Å². The molecule has 0 unspecified atom stereocenters. The number of carbonyl (C=O) groups excluding carboxylic acids is 1. The first-order valence-corrected chi connectivity index (χ1v) is 6.23. The van der Waals surface area contributed by atoms with Crippen molar-refractivity contribution in [2.75, 3.05) is 6.54 Å². The molecule has 0 saturated heterocycles. The van der Waals surface area contributed by atoms with Crippen molar-refractivity contribution in [1.29, 1.82) is 0 Å². The summed E-state index contributed by atoms with van der Waals surface area (Å²) in [5.41, 5.74) is -0.119. The summed E-state index contributed by atoms with van der Waals surface area (Å²) in [5, 5.41) is 4.96. The average molecular weight is 261 g/mol. The molecule has 18 heavy (non-hydrogen) atoms. The maximum atomic E-state index is 12.0. The minimum absolute atomic E-state index is 0.119. The van der Waals surface area contributed by atoms with Crippen LogP contribution in [0, 0.1) is 12.3 Å². The van der Waals surface area contributed by atoms with Gasteiger partial charge < -0.3 is 5.32 Å². The largest absolute Gasteiger partial charge is 0.345 e. The summed E-state index contributed by atoms with van der Waals surface area (Å²) in [6.07, 6.45) is 6.70. The summed E-state index contributed by atoms with van der Waals surface area (Å²) >= 11 is 1.42. The predicted molar refractivity (Wildman–Crippen MR) is 70.3 cm³/mol. The first-order valence-electron chi connectivity index (χ1n) is 5.35. The lowest BCUT2D eigenvalue weighted by Gasteiger charge is -2.04. The lowest BCUT2D eigenvalue weighted by Crippen LogP contribution is -2.27. The van der Waals surface area contributed by atoms with Crippen LogP contribution in [0.15, 0.2) is 22.6 Å². The van der Waals surface area contributed by atoms with Crippen molar-refractivity contribution in [3.05, 3.63) is 28.1 Å². The summed E-state index contributed by atoms with van der Waals surface area (Å²) < 4.78 is 1.44. The molecule has 1 amide bonds. The molecule has 2 heterocycles. The van der Waals surface area contributed by atoms with E-state index in [1.807, 2.05) is 5.38 Å². The maximum absolute atomic E-state index is 12.0. The van der Waals surface area contributed by atoms with E-state index in [0.29, 0.717) is 16.8 Å². The van der Waals surface area contributed by atoms with Crippen LogP contribution >= 0.6 is 11.3 Å². The molecule has 0 aliphatic rings. The fourth-order valence-corrected chi connectivity index (χ4v) is 2.24. The number of hydrogen-bond acceptors (Lipinski definition) is 4. The molecule has 2 aromatic heterocycles. The Morgan fingerprint density at radius 3 is 3.22 bits per heavy atom. The standard InChI is InChI=1S/C12H11N3O2S/c1-2-5-13-10(16)3-6-15-8-14-11-9(12(15)17)4-7-18-11/h1,4,7-8H,3,5-6H2,(H,13,16). The van der Waals surface area contributed by atoms with E-state index >= 15 is 0 Å². The molecule has 2 aromatic rings. The Morgan fingerprint density at radius 2 is 2.44 bits per heavy atom. The van der Waals surface area contributed by atoms with Gasteiger partial charge >= 0.3 is 0 Å². The molecule has 1 N–H and O–H groups in total. The van der Waals surface area contributed by atoms with Gasteiger partial charge in [0.15, 0.2) is 0 Å². The summed E-state index contributed by atoms with van der Waals surface area (Å²) in [6.45, 7) is 0.504. The van der Waals surface area contributed by atoms with Crippen LogP contribution in [0.2, 0.25) is 0 Å². The summed E-state index contributed by atoms with van der Waals surface area (Å²) in [6, 6.07) is 1.74. The number of aromatic nitrogens is 2. The monoisotopic (exact) mass is 261 g/mol. The van der Waals surface area contributed by atoms with Gasteiger partial charge in [-0.25, -0.2) is 4.98 Å². The van der Waals surface area contributed by atoms with Gasteiger partial charge in [0.1, 0.15) is 4.83 Å². The van der Waals surface area contributed by atoms with Gasteiger partial charge in [-0.3, -0.25) is 14.2 Å². The average Bonchev–Trinajstić information content (AvgIpc) is 2.84. The Kier molecular flexibility index (Phi) is 3.75. The Labute approximate surface area is 107 Å². The van der Waals surface area contributed by atoms with E-state index in [0.717, 1.165) is 0 Å². The van der Waals surface area contributed by atoms with Gasteiger partial charge in [0, 0.05) is 13.0 Å². The van der Waals surface area contributed by atoms with Crippen molar-refractivity contribution >= 4 is 27.5 Å². The Bertz CT molecular complexity index is 666. The third kappa shape index (κ3) is 2.57. The van der Waals surface area contributed by atoms with Gasteiger partial charge in [-0.2, -0.15) is 0 Å². The molecule has 6 heteroatoms. The highest BCUT2D eigenvalue weighted by molar-refractivity contribution is 7.16. The number of nitrogens with zero attached hydrogens (tertiary/aromatic N) is 2. The number of rotatable bonds is 4. The molecule has 0 aliphatic carbocycles. The van der Waals surface area contributed by atoms with Crippen LogP contribution in [-0.2, 0) is 11.3 Å². The quantitative estimate of drug-likeness (QED) is 0.820. The minimum atomic E-state index is -0.176. The van der Waals surface area contributed by atoms with Gasteiger partial charge in [0.05, 0.1) is 18.3 Å². The first kappa shape index (κ1) is 12.3. The fourth-order valence-electron chi connectivity index (χ4n) is 1.51. The molecule has 0 bridgehead atoms. The van der Waals surface area contributed by atoms with Crippen molar-refractivity contribution in [3.8, 4) is 12.3 Å². The minimum Gasteiger partial charge on any atom is -0.345 e. The Balaban J connectivity index is 2.08. The predicted octanol–water partition coefficient (Wildman–Crippen LogP) is 0.597. The van der Waals surface area contributed by atoms with Gasteiger partial charge in [-0.1, -0.05) is 5.92 Å². The van der Waals surface area contributed by atoms with Gasteiger partial charge in [-0.05, 0) is 11.4 Å². The number of amides is 1. The van der Waals surface area contributed by atoms with E-state index in [1.54, 1.807) is 6.07 Å². The van der Waals surface area contributed by atoms with E-state index < -0.39 is 0 Å². The second kappa shape index (κ2) is 5.47. The molecule has 0 spiro atoms. The van der Waals surface area contributed by atoms with Crippen LogP contribution in [0.25, 0.3) is 10.2 Å². The third-order valence-corrected chi connectivity index (χ3v) is 3.24. The van der Waals surface area contributed by atoms with E-state index in [9.17, 15) is 9.59 Å². The molecule has 0 saturated carbocycles. The van der Waals surface area contributed by atoms with Crippen LogP contribution < -0.4 is 10.9 Å². The van der Waals surface area contributed by atoms with Crippen molar-refractivity contribution in [3.63, 3.8) is 0 Å². The van der Waals surface area contributed by atoms with Crippen molar-refractivity contribution < 1.29 is 4.79 Å². The van der Waals surface area contributed by atoms with Crippen LogP contribution in [0.4, 0.5) is 0 Å². The maximum Gasteiger partial charge on any atom is 0.262 e. The smallest absolute Gasteiger partial charge is 0.262 e. The number of fused-ring (bicyclic) bond motifs is 1. The third-order valence-electron chi connectivity index (χ3n) is 2.42. The van der Waals surface area contributed by atoms with Crippen molar-refractivity contribution in [2.24, 2.45) is 0 Å². The van der Waals surface area contributed by atoms with Gasteiger partial charge in [0.25, 0.3) is 5.56 Å². The van der Waals surface area contributed by atoms with Crippen LogP contribution in [0.5, 0.6) is 0 Å². The number of aryl methyl sites for hydroxylation is 1. The van der Waals surface area contributed by atoms with Gasteiger partial charge in [0.2, 0.25) is 5.91 Å². The van der Waals surface area contributed by atoms with Crippen molar-refractivity contribution in [2.45, 2.75) is 13.0 Å². The van der Waals surface area contributed by atoms with Gasteiger partial charge in [-0.15, -0.1) is 17.8 Å². The molecular formula is C12H11N3O2S. The van der Waals surface area contributed by atoms with Crippen molar-refractivity contribution in [1.82, 2.24) is 14.9 Å². The molecular weight excluding hydrogens is 250 g/mol. The zero-order valence-corrected chi connectivity index (χ0v) is 10.4. The summed E-state index contributed by atoms with van der Waals surface area (Å²) in [4.78, 5) is 28.2. The number of carbonyl (C=O) groups is 1. The highest BCUT2D eigenvalue weighted by Gasteiger charge is 2.06. The SMILES string of the molecule is C#CCNC(=O)CCn1cnc2sccc2c1=O. The highest BCUT2D eigenvalue weighted by Crippen LogP contribution is 2.13. The number of thiophene rings is 1. The number of hydrogen-bond donors (Lipinski definition) is 1. The normalized spacial score (nSPS) is 10.2. The Hall–Kier alpha value is -2.13. The van der Waals surface area contributed by atoms with Crippen LogP contribution in [0.3, 0.4) is 0 Å². The molecule has 2 rings (SSSR count). The molecule has 5 nitrogen and oxygen atoms in total. The van der Waals surface area contributed by atoms with E-state index in [4.69, 9.17) is 6.42 Å². The molecule has 92 valence electrons. The van der Waals surface area contributed by atoms with E-state index in [1.165, 1.54) is 22.2 Å². The second-order valence-electron chi connectivity index (χ2n) is 3.61. The lowest BCUT2D eigenvalue weighted by molar-refractivity contribution is -0.121. The molecule has 0 radical (unpaired) electrons. The zero-order valence-electron chi connectivity index (χ0n) is 9.55. The highest BCUT2D eigenvalue weighted by atomic mass is 32.1. The topological polar surface area (TPSA) is 64.0 Å². The van der Waals surface area contributed by atoms with Crippen LogP contribution in [0.1, 0.15) is 6.42 Å². The fraction of sp³-hybridized carbons (Fsp3) is 0.250. The van der Waals surface area contributed by atoms with E-state index in [2.05, 4.69) is 16.2 Å². The second-order valence-corrected chi connectivity index (χ2v) is 4.51. The molecule has 0 aromatic carbocycles.